The normalized spacial score (nSPS) is 11.7. The first-order valence-electron chi connectivity index (χ1n) is 7.54. The van der Waals surface area contributed by atoms with E-state index in [4.69, 9.17) is 16.9 Å². The lowest BCUT2D eigenvalue weighted by atomic mass is 9.95. The van der Waals surface area contributed by atoms with Crippen LogP contribution in [0.4, 0.5) is 0 Å². The molecule has 1 heterocycles. The van der Waals surface area contributed by atoms with Gasteiger partial charge in [-0.25, -0.2) is 0 Å². The third-order valence-corrected chi connectivity index (χ3v) is 4.19. The summed E-state index contributed by atoms with van der Waals surface area (Å²) in [5.74, 6) is -0.297. The van der Waals surface area contributed by atoms with Crippen LogP contribution in [0.25, 0.3) is 10.9 Å². The van der Waals surface area contributed by atoms with Crippen molar-refractivity contribution in [1.29, 1.82) is 5.26 Å². The first-order valence-corrected chi connectivity index (χ1v) is 7.92. The van der Waals surface area contributed by atoms with E-state index in [0.29, 0.717) is 27.1 Å². The maximum atomic E-state index is 11.7. The zero-order valence-corrected chi connectivity index (χ0v) is 14.1. The highest BCUT2D eigenvalue weighted by Gasteiger charge is 2.22. The molecular formula is C19H14ClN3O2. The van der Waals surface area contributed by atoms with Gasteiger partial charge < -0.3 is 10.4 Å². The number of hydrogen-bond donors (Lipinski definition) is 2. The highest BCUT2D eigenvalue weighted by atomic mass is 35.5. The average Bonchev–Trinajstić information content (AvgIpc) is 2.63. The lowest BCUT2D eigenvalue weighted by molar-refractivity contribution is -0.119. The quantitative estimate of drug-likeness (QED) is 0.753. The largest absolute Gasteiger partial charge is 0.505 e. The lowest BCUT2D eigenvalue weighted by Gasteiger charge is -2.21. The van der Waals surface area contributed by atoms with E-state index in [2.05, 4.69) is 16.4 Å². The molecular weight excluding hydrogens is 338 g/mol. The Morgan fingerprint density at radius 1 is 1.32 bits per heavy atom. The van der Waals surface area contributed by atoms with Crippen LogP contribution in [0.1, 0.15) is 29.7 Å². The summed E-state index contributed by atoms with van der Waals surface area (Å²) in [6.07, 6.45) is 1.57. The van der Waals surface area contributed by atoms with Gasteiger partial charge in [-0.2, -0.15) is 5.26 Å². The maximum Gasteiger partial charge on any atom is 0.217 e. The maximum absolute atomic E-state index is 11.7. The van der Waals surface area contributed by atoms with E-state index in [9.17, 15) is 9.90 Å². The Balaban J connectivity index is 2.19. The molecule has 1 unspecified atom stereocenters. The second-order valence-electron chi connectivity index (χ2n) is 5.56. The predicted octanol–water partition coefficient (Wildman–Crippen LogP) is 3.69. The summed E-state index contributed by atoms with van der Waals surface area (Å²) >= 11 is 6.34. The fourth-order valence-corrected chi connectivity index (χ4v) is 2.99. The molecule has 0 aliphatic carbocycles. The molecule has 0 radical (unpaired) electrons. The zero-order chi connectivity index (χ0) is 18.0. The number of carbonyl (C=O) groups is 1. The fourth-order valence-electron chi connectivity index (χ4n) is 2.72. The third-order valence-electron chi connectivity index (χ3n) is 3.88. The minimum Gasteiger partial charge on any atom is -0.505 e. The standard InChI is InChI=1S/C19H14ClN3O2/c1-11(24)23-17(13-6-4-12(10-21)5-7-13)15-9-16(20)14-3-2-8-22-18(14)19(15)25/h2-9,17,25H,1H3,(H,23,24). The van der Waals surface area contributed by atoms with E-state index in [1.54, 1.807) is 48.7 Å². The summed E-state index contributed by atoms with van der Waals surface area (Å²) in [5.41, 5.74) is 2.04. The molecule has 1 aromatic heterocycles. The molecule has 124 valence electrons. The number of hydrogen-bond acceptors (Lipinski definition) is 4. The van der Waals surface area contributed by atoms with Crippen LogP contribution < -0.4 is 5.32 Å². The molecule has 0 aliphatic rings. The van der Waals surface area contributed by atoms with Gasteiger partial charge >= 0.3 is 0 Å². The van der Waals surface area contributed by atoms with Crippen LogP contribution in [-0.4, -0.2) is 16.0 Å². The number of pyridine rings is 1. The SMILES string of the molecule is CC(=O)NC(c1ccc(C#N)cc1)c1cc(Cl)c2cccnc2c1O. The van der Waals surface area contributed by atoms with Gasteiger partial charge in [-0.3, -0.25) is 9.78 Å². The van der Waals surface area contributed by atoms with Crippen LogP contribution in [-0.2, 0) is 4.79 Å². The first-order chi connectivity index (χ1) is 12.0. The smallest absolute Gasteiger partial charge is 0.217 e. The summed E-state index contributed by atoms with van der Waals surface area (Å²) in [4.78, 5) is 15.9. The van der Waals surface area contributed by atoms with Gasteiger partial charge in [0.25, 0.3) is 0 Å². The van der Waals surface area contributed by atoms with E-state index < -0.39 is 6.04 Å². The van der Waals surface area contributed by atoms with Gasteiger partial charge in [0.1, 0.15) is 11.3 Å². The number of aromatic hydroxyl groups is 1. The van der Waals surface area contributed by atoms with Crippen molar-refractivity contribution in [1.82, 2.24) is 10.3 Å². The van der Waals surface area contributed by atoms with Crippen molar-refractivity contribution in [3.05, 3.63) is 70.4 Å². The van der Waals surface area contributed by atoms with Gasteiger partial charge in [-0.05, 0) is 35.9 Å². The van der Waals surface area contributed by atoms with Gasteiger partial charge in [0, 0.05) is 24.1 Å². The summed E-state index contributed by atoms with van der Waals surface area (Å²) in [6, 6.07) is 13.3. The molecule has 2 aromatic carbocycles. The number of nitrogens with one attached hydrogen (secondary N) is 1. The van der Waals surface area contributed by atoms with Crippen molar-refractivity contribution in [2.45, 2.75) is 13.0 Å². The summed E-state index contributed by atoms with van der Waals surface area (Å²) in [6.45, 7) is 1.40. The highest BCUT2D eigenvalue weighted by molar-refractivity contribution is 6.35. The van der Waals surface area contributed by atoms with Gasteiger partial charge in [0.15, 0.2) is 0 Å². The molecule has 3 aromatic rings. The number of amides is 1. The second kappa shape index (κ2) is 6.80. The minimum atomic E-state index is -0.617. The zero-order valence-electron chi connectivity index (χ0n) is 13.3. The second-order valence-corrected chi connectivity index (χ2v) is 5.97. The summed E-state index contributed by atoms with van der Waals surface area (Å²) < 4.78 is 0. The van der Waals surface area contributed by atoms with Gasteiger partial charge in [-0.1, -0.05) is 23.7 Å². The van der Waals surface area contributed by atoms with E-state index in [0.717, 1.165) is 5.56 Å². The summed E-state index contributed by atoms with van der Waals surface area (Å²) in [5, 5.41) is 23.5. The molecule has 6 heteroatoms. The van der Waals surface area contributed by atoms with Crippen LogP contribution >= 0.6 is 11.6 Å². The Labute approximate surface area is 149 Å². The van der Waals surface area contributed by atoms with Crippen LogP contribution in [0, 0.1) is 11.3 Å². The number of rotatable bonds is 3. The molecule has 0 aliphatic heterocycles. The molecule has 1 amide bonds. The number of nitriles is 1. The van der Waals surface area contributed by atoms with Crippen LogP contribution in [0.15, 0.2) is 48.7 Å². The molecule has 0 saturated heterocycles. The van der Waals surface area contributed by atoms with Gasteiger partial charge in [0.2, 0.25) is 5.91 Å². The Morgan fingerprint density at radius 3 is 2.68 bits per heavy atom. The van der Waals surface area contributed by atoms with Gasteiger partial charge in [0.05, 0.1) is 22.7 Å². The Bertz CT molecular complexity index is 994. The molecule has 3 rings (SSSR count). The number of aromatic nitrogens is 1. The topological polar surface area (TPSA) is 86.0 Å². The van der Waals surface area contributed by atoms with Crippen molar-refractivity contribution < 1.29 is 9.90 Å². The Morgan fingerprint density at radius 2 is 2.04 bits per heavy atom. The van der Waals surface area contributed by atoms with Crippen molar-refractivity contribution >= 4 is 28.4 Å². The molecule has 25 heavy (non-hydrogen) atoms. The molecule has 5 nitrogen and oxygen atoms in total. The van der Waals surface area contributed by atoms with Crippen molar-refractivity contribution in [3.63, 3.8) is 0 Å². The van der Waals surface area contributed by atoms with Crippen LogP contribution in [0.3, 0.4) is 0 Å². The van der Waals surface area contributed by atoms with E-state index in [1.165, 1.54) is 6.92 Å². The highest BCUT2D eigenvalue weighted by Crippen LogP contribution is 2.38. The molecule has 0 fully saturated rings. The Hall–Kier alpha value is -3.10. The number of fused-ring (bicyclic) bond motifs is 1. The molecule has 1 atom stereocenters. The molecule has 2 N–H and O–H groups in total. The lowest BCUT2D eigenvalue weighted by Crippen LogP contribution is -2.27. The van der Waals surface area contributed by atoms with Gasteiger partial charge in [-0.15, -0.1) is 0 Å². The van der Waals surface area contributed by atoms with E-state index >= 15 is 0 Å². The third kappa shape index (κ3) is 3.25. The molecule has 0 bridgehead atoms. The number of phenols is 1. The number of carbonyl (C=O) groups excluding carboxylic acids is 1. The number of nitrogens with zero attached hydrogens (tertiary/aromatic N) is 2. The van der Waals surface area contributed by atoms with Crippen molar-refractivity contribution in [3.8, 4) is 11.8 Å². The van der Waals surface area contributed by atoms with E-state index in [-0.39, 0.29) is 11.7 Å². The monoisotopic (exact) mass is 351 g/mol. The number of benzene rings is 2. The minimum absolute atomic E-state index is 0.0388. The van der Waals surface area contributed by atoms with Crippen molar-refractivity contribution in [2.24, 2.45) is 0 Å². The van der Waals surface area contributed by atoms with Crippen LogP contribution in [0.5, 0.6) is 5.75 Å². The number of halogens is 1. The Kier molecular flexibility index (Phi) is 4.55. The molecule has 0 saturated carbocycles. The van der Waals surface area contributed by atoms with Crippen molar-refractivity contribution in [2.75, 3.05) is 0 Å². The summed E-state index contributed by atoms with van der Waals surface area (Å²) in [7, 11) is 0. The first kappa shape index (κ1) is 16.7. The molecule has 0 spiro atoms. The fraction of sp³-hybridized carbons (Fsp3) is 0.105. The predicted molar refractivity (Wildman–Crippen MR) is 95.2 cm³/mol. The van der Waals surface area contributed by atoms with E-state index in [1.807, 2.05) is 0 Å². The number of phenolic OH excluding ortho intramolecular Hbond substituents is 1. The average molecular weight is 352 g/mol. The van der Waals surface area contributed by atoms with Crippen LogP contribution in [0.2, 0.25) is 5.02 Å².